The predicted molar refractivity (Wildman–Crippen MR) is 107 cm³/mol. The summed E-state index contributed by atoms with van der Waals surface area (Å²) in [6, 6.07) is 0. The molecule has 0 spiro atoms. The lowest BCUT2D eigenvalue weighted by Crippen LogP contribution is -2.19. The number of hydrogen-bond donors (Lipinski definition) is 1. The zero-order valence-corrected chi connectivity index (χ0v) is 16.5. The van der Waals surface area contributed by atoms with Gasteiger partial charge in [-0.3, -0.25) is 0 Å². The number of allylic oxidation sites excluding steroid dienone is 6. The van der Waals surface area contributed by atoms with E-state index in [9.17, 15) is 0 Å². The molecule has 0 aromatic heterocycles. The highest BCUT2D eigenvalue weighted by Gasteiger charge is 2.22. The standard InChI is InChI=1S/C23H35N/c1-9-20(15-21-13-11-10-12-16(21)2)19(5)22(24)17(3)14-18(4)23(6,7)8/h1,12-13,18,20H,5,10-11,14-15,24H2,2-4,6-8H3/b22-17-. The number of terminal acetylenes is 1. The molecule has 24 heavy (non-hydrogen) atoms. The quantitative estimate of drug-likeness (QED) is 0.460. The topological polar surface area (TPSA) is 26.0 Å². The van der Waals surface area contributed by atoms with Gasteiger partial charge < -0.3 is 5.73 Å². The van der Waals surface area contributed by atoms with Gasteiger partial charge in [0, 0.05) is 5.70 Å². The van der Waals surface area contributed by atoms with Gasteiger partial charge in [-0.1, -0.05) is 57.9 Å². The van der Waals surface area contributed by atoms with E-state index in [-0.39, 0.29) is 11.3 Å². The van der Waals surface area contributed by atoms with Crippen LogP contribution < -0.4 is 5.73 Å². The van der Waals surface area contributed by atoms with Gasteiger partial charge in [0.1, 0.15) is 0 Å². The third-order valence-corrected chi connectivity index (χ3v) is 5.46. The van der Waals surface area contributed by atoms with Gasteiger partial charge in [0.25, 0.3) is 0 Å². The first-order valence-corrected chi connectivity index (χ1v) is 9.04. The van der Waals surface area contributed by atoms with Gasteiger partial charge >= 0.3 is 0 Å². The monoisotopic (exact) mass is 325 g/mol. The molecular formula is C23H35N. The van der Waals surface area contributed by atoms with E-state index >= 15 is 0 Å². The van der Waals surface area contributed by atoms with Gasteiger partial charge in [-0.05, 0) is 67.6 Å². The average Bonchev–Trinajstić information content (AvgIpc) is 2.51. The summed E-state index contributed by atoms with van der Waals surface area (Å²) in [5, 5.41) is 0. The van der Waals surface area contributed by atoms with Gasteiger partial charge in [0.15, 0.2) is 0 Å². The van der Waals surface area contributed by atoms with Crippen molar-refractivity contribution in [3.8, 4) is 12.3 Å². The first kappa shape index (κ1) is 20.4. The molecule has 0 saturated heterocycles. The van der Waals surface area contributed by atoms with Crippen LogP contribution in [0.25, 0.3) is 0 Å². The van der Waals surface area contributed by atoms with Crippen molar-refractivity contribution in [3.05, 3.63) is 46.7 Å². The van der Waals surface area contributed by atoms with E-state index in [0.717, 1.165) is 37.0 Å². The normalized spacial score (nSPS) is 18.7. The third kappa shape index (κ3) is 5.45. The van der Waals surface area contributed by atoms with E-state index in [1.807, 2.05) is 0 Å². The van der Waals surface area contributed by atoms with Crippen LogP contribution >= 0.6 is 0 Å². The Kier molecular flexibility index (Phi) is 7.15. The van der Waals surface area contributed by atoms with Crippen molar-refractivity contribution in [3.63, 3.8) is 0 Å². The zero-order valence-electron chi connectivity index (χ0n) is 16.5. The predicted octanol–water partition coefficient (Wildman–Crippen LogP) is 6.15. The summed E-state index contributed by atoms with van der Waals surface area (Å²) < 4.78 is 0. The van der Waals surface area contributed by atoms with Crippen LogP contribution in [0.5, 0.6) is 0 Å². The fraction of sp³-hybridized carbons (Fsp3) is 0.565. The van der Waals surface area contributed by atoms with Crippen molar-refractivity contribution >= 4 is 0 Å². The van der Waals surface area contributed by atoms with Crippen LogP contribution in [0.4, 0.5) is 0 Å². The molecule has 0 aromatic carbocycles. The van der Waals surface area contributed by atoms with Gasteiger partial charge in [-0.15, -0.1) is 6.42 Å². The molecule has 1 nitrogen and oxygen atoms in total. The third-order valence-electron chi connectivity index (χ3n) is 5.46. The highest BCUT2D eigenvalue weighted by molar-refractivity contribution is 5.40. The fourth-order valence-electron chi connectivity index (χ4n) is 2.93. The number of hydrogen-bond acceptors (Lipinski definition) is 1. The lowest BCUT2D eigenvalue weighted by atomic mass is 9.77. The smallest absolute Gasteiger partial charge is 0.0504 e. The molecule has 0 bridgehead atoms. The minimum atomic E-state index is -0.0300. The molecule has 1 rings (SSSR count). The molecule has 0 fully saturated rings. The Morgan fingerprint density at radius 1 is 1.33 bits per heavy atom. The van der Waals surface area contributed by atoms with Crippen LogP contribution in [-0.4, -0.2) is 0 Å². The summed E-state index contributed by atoms with van der Waals surface area (Å²) in [7, 11) is 0. The summed E-state index contributed by atoms with van der Waals surface area (Å²) in [6.45, 7) is 17.6. The van der Waals surface area contributed by atoms with Crippen molar-refractivity contribution in [2.24, 2.45) is 23.0 Å². The second-order valence-corrected chi connectivity index (χ2v) is 8.31. The number of rotatable bonds is 6. The Balaban J connectivity index is 2.88. The second-order valence-electron chi connectivity index (χ2n) is 8.31. The highest BCUT2D eigenvalue weighted by Crippen LogP contribution is 2.33. The first-order valence-electron chi connectivity index (χ1n) is 9.04. The highest BCUT2D eigenvalue weighted by atomic mass is 14.6. The van der Waals surface area contributed by atoms with Crippen LogP contribution in [-0.2, 0) is 0 Å². The summed E-state index contributed by atoms with van der Waals surface area (Å²) in [5.74, 6) is 3.43. The summed E-state index contributed by atoms with van der Waals surface area (Å²) in [6.07, 6.45) is 14.5. The van der Waals surface area contributed by atoms with Crippen LogP contribution in [0.3, 0.4) is 0 Å². The van der Waals surface area contributed by atoms with Crippen molar-refractivity contribution in [2.75, 3.05) is 0 Å². The van der Waals surface area contributed by atoms with Gasteiger partial charge in [-0.25, -0.2) is 0 Å². The lowest BCUT2D eigenvalue weighted by Gasteiger charge is -2.28. The van der Waals surface area contributed by atoms with E-state index < -0.39 is 0 Å². The molecule has 1 aliphatic rings. The zero-order chi connectivity index (χ0) is 18.5. The van der Waals surface area contributed by atoms with Crippen LogP contribution in [0.1, 0.15) is 67.2 Å². The van der Waals surface area contributed by atoms with Crippen molar-refractivity contribution in [1.82, 2.24) is 0 Å². The Morgan fingerprint density at radius 2 is 1.92 bits per heavy atom. The van der Waals surface area contributed by atoms with Crippen molar-refractivity contribution in [2.45, 2.75) is 67.2 Å². The molecule has 0 aromatic rings. The average molecular weight is 326 g/mol. The largest absolute Gasteiger partial charge is 0.399 e. The lowest BCUT2D eigenvalue weighted by molar-refractivity contribution is 0.259. The van der Waals surface area contributed by atoms with Crippen LogP contribution in [0.2, 0.25) is 0 Å². The molecule has 1 heteroatoms. The Labute approximate surface area is 149 Å². The first-order chi connectivity index (χ1) is 11.1. The number of nitrogens with two attached hydrogens (primary N) is 1. The van der Waals surface area contributed by atoms with E-state index in [0.29, 0.717) is 5.92 Å². The summed E-state index contributed by atoms with van der Waals surface area (Å²) >= 11 is 0. The fourth-order valence-corrected chi connectivity index (χ4v) is 2.93. The summed E-state index contributed by atoms with van der Waals surface area (Å²) in [5.41, 5.74) is 12.3. The Morgan fingerprint density at radius 3 is 2.42 bits per heavy atom. The molecule has 0 radical (unpaired) electrons. The molecule has 0 heterocycles. The van der Waals surface area contributed by atoms with Gasteiger partial charge in [0.05, 0.1) is 5.92 Å². The minimum absolute atomic E-state index is 0.0300. The van der Waals surface area contributed by atoms with Crippen molar-refractivity contribution in [1.29, 1.82) is 0 Å². The molecule has 0 aliphatic heterocycles. The molecule has 132 valence electrons. The minimum Gasteiger partial charge on any atom is -0.399 e. The van der Waals surface area contributed by atoms with E-state index in [1.165, 1.54) is 16.7 Å². The maximum Gasteiger partial charge on any atom is 0.0504 e. The van der Waals surface area contributed by atoms with E-state index in [1.54, 1.807) is 0 Å². The molecule has 2 atom stereocenters. The maximum absolute atomic E-state index is 6.42. The van der Waals surface area contributed by atoms with E-state index in [4.69, 9.17) is 12.2 Å². The van der Waals surface area contributed by atoms with Gasteiger partial charge in [0.2, 0.25) is 0 Å². The molecule has 0 amide bonds. The van der Waals surface area contributed by atoms with E-state index in [2.05, 4.69) is 66.2 Å². The maximum atomic E-state index is 6.42. The van der Waals surface area contributed by atoms with Gasteiger partial charge in [-0.2, -0.15) is 0 Å². The molecule has 1 aliphatic carbocycles. The molecular weight excluding hydrogens is 290 g/mol. The summed E-state index contributed by atoms with van der Waals surface area (Å²) in [4.78, 5) is 0. The SMILES string of the molecule is C#CC(CC1=CCCC=C1C)C(=C)/C(N)=C(\C)CC(C)C(C)(C)C. The Bertz CT molecular complexity index is 599. The Hall–Kier alpha value is -1.68. The van der Waals surface area contributed by atoms with Crippen molar-refractivity contribution < 1.29 is 0 Å². The molecule has 0 saturated carbocycles. The molecule has 2 unspecified atom stereocenters. The second kappa shape index (κ2) is 8.43. The van der Waals surface area contributed by atoms with Crippen LogP contribution in [0, 0.1) is 29.6 Å². The van der Waals surface area contributed by atoms with Crippen LogP contribution in [0.15, 0.2) is 46.7 Å². The molecule has 2 N–H and O–H groups in total.